The molecule has 0 amide bonds. The van der Waals surface area contributed by atoms with Gasteiger partial charge in [-0.1, -0.05) is 0 Å². The summed E-state index contributed by atoms with van der Waals surface area (Å²) in [5, 5.41) is 6.37. The van der Waals surface area contributed by atoms with Crippen LogP contribution in [0, 0.1) is 12.8 Å². The molecule has 2 heterocycles. The van der Waals surface area contributed by atoms with Gasteiger partial charge in [0, 0.05) is 25.4 Å². The van der Waals surface area contributed by atoms with Gasteiger partial charge >= 0.3 is 0 Å². The monoisotopic (exact) mass is 238 g/mol. The largest absolute Gasteiger partial charge is 0.370 e. The van der Waals surface area contributed by atoms with Crippen molar-refractivity contribution in [3.8, 4) is 0 Å². The van der Waals surface area contributed by atoms with E-state index in [1.54, 1.807) is 0 Å². The van der Waals surface area contributed by atoms with Crippen LogP contribution in [0.4, 0.5) is 11.8 Å². The molecule has 88 valence electrons. The summed E-state index contributed by atoms with van der Waals surface area (Å²) in [6.45, 7) is 3.01. The summed E-state index contributed by atoms with van der Waals surface area (Å²) < 4.78 is 0. The zero-order valence-electron chi connectivity index (χ0n) is 9.79. The fourth-order valence-electron chi connectivity index (χ4n) is 1.76. The van der Waals surface area contributed by atoms with Crippen molar-refractivity contribution < 1.29 is 0 Å². The molecule has 1 aliphatic rings. The molecule has 1 aliphatic heterocycles. The molecule has 0 aliphatic carbocycles. The van der Waals surface area contributed by atoms with Gasteiger partial charge in [0.1, 0.15) is 5.82 Å². The zero-order valence-corrected chi connectivity index (χ0v) is 10.6. The van der Waals surface area contributed by atoms with Crippen LogP contribution in [0.15, 0.2) is 6.07 Å². The molecular formula is C11H18N4S. The summed E-state index contributed by atoms with van der Waals surface area (Å²) in [6.07, 6.45) is 1.32. The van der Waals surface area contributed by atoms with E-state index in [4.69, 9.17) is 0 Å². The van der Waals surface area contributed by atoms with Gasteiger partial charge in [-0.25, -0.2) is 4.98 Å². The predicted molar refractivity (Wildman–Crippen MR) is 70.2 cm³/mol. The summed E-state index contributed by atoms with van der Waals surface area (Å²) in [6, 6.07) is 1.99. The average Bonchev–Trinajstić information content (AvgIpc) is 2.78. The number of nitrogens with zero attached hydrogens (tertiary/aromatic N) is 2. The van der Waals surface area contributed by atoms with Crippen molar-refractivity contribution in [2.24, 2.45) is 5.92 Å². The average molecular weight is 238 g/mol. The van der Waals surface area contributed by atoms with Crippen LogP contribution in [0.1, 0.15) is 12.1 Å². The molecule has 2 rings (SSSR count). The quantitative estimate of drug-likeness (QED) is 0.840. The topological polar surface area (TPSA) is 49.8 Å². The van der Waals surface area contributed by atoms with E-state index >= 15 is 0 Å². The lowest BCUT2D eigenvalue weighted by molar-refractivity contribution is 0.630. The van der Waals surface area contributed by atoms with Gasteiger partial charge in [-0.15, -0.1) is 0 Å². The normalized spacial score (nSPS) is 19.8. The summed E-state index contributed by atoms with van der Waals surface area (Å²) in [5.41, 5.74) is 0.989. The minimum Gasteiger partial charge on any atom is -0.370 e. The van der Waals surface area contributed by atoms with Crippen LogP contribution in [0.2, 0.25) is 0 Å². The Morgan fingerprint density at radius 3 is 3.06 bits per heavy atom. The summed E-state index contributed by atoms with van der Waals surface area (Å²) in [5.74, 6) is 4.97. The van der Waals surface area contributed by atoms with Crippen LogP contribution in [-0.4, -0.2) is 35.1 Å². The summed E-state index contributed by atoms with van der Waals surface area (Å²) in [7, 11) is 1.84. The first-order chi connectivity index (χ1) is 7.78. The molecule has 16 heavy (non-hydrogen) atoms. The number of aryl methyl sites for hydroxylation is 1. The first-order valence-corrected chi connectivity index (χ1v) is 6.78. The van der Waals surface area contributed by atoms with Crippen molar-refractivity contribution in [1.82, 2.24) is 9.97 Å². The molecule has 1 aromatic rings. The maximum Gasteiger partial charge on any atom is 0.224 e. The van der Waals surface area contributed by atoms with Gasteiger partial charge in [0.2, 0.25) is 5.95 Å². The molecular weight excluding hydrogens is 220 g/mol. The fourth-order valence-corrected chi connectivity index (χ4v) is 3.05. The fraction of sp³-hybridized carbons (Fsp3) is 0.636. The summed E-state index contributed by atoms with van der Waals surface area (Å²) in [4.78, 5) is 8.64. The van der Waals surface area contributed by atoms with Gasteiger partial charge < -0.3 is 10.6 Å². The van der Waals surface area contributed by atoms with Crippen molar-refractivity contribution in [3.05, 3.63) is 11.8 Å². The molecule has 0 spiro atoms. The molecule has 1 atom stereocenters. The van der Waals surface area contributed by atoms with E-state index in [1.807, 2.05) is 31.8 Å². The molecule has 4 nitrogen and oxygen atoms in total. The number of nitrogens with one attached hydrogen (secondary N) is 2. The van der Waals surface area contributed by atoms with Crippen LogP contribution >= 0.6 is 11.8 Å². The third-order valence-corrected chi connectivity index (χ3v) is 3.91. The van der Waals surface area contributed by atoms with Crippen molar-refractivity contribution >= 4 is 23.5 Å². The van der Waals surface area contributed by atoms with Gasteiger partial charge in [0.25, 0.3) is 0 Å². The molecule has 5 heteroatoms. The second-order valence-corrected chi connectivity index (χ2v) is 5.23. The van der Waals surface area contributed by atoms with Gasteiger partial charge in [0.05, 0.1) is 0 Å². The third-order valence-electron chi connectivity index (χ3n) is 2.67. The Bertz CT molecular complexity index is 350. The molecule has 2 N–H and O–H groups in total. The van der Waals surface area contributed by atoms with Crippen LogP contribution in [0.25, 0.3) is 0 Å². The van der Waals surface area contributed by atoms with Gasteiger partial charge in [-0.05, 0) is 30.8 Å². The zero-order chi connectivity index (χ0) is 11.4. The lowest BCUT2D eigenvalue weighted by Crippen LogP contribution is -2.15. The van der Waals surface area contributed by atoms with Crippen molar-refractivity contribution in [2.75, 3.05) is 35.7 Å². The van der Waals surface area contributed by atoms with Crippen LogP contribution in [0.5, 0.6) is 0 Å². The number of hydrogen-bond acceptors (Lipinski definition) is 5. The molecule has 0 saturated carbocycles. The van der Waals surface area contributed by atoms with Crippen LogP contribution in [0.3, 0.4) is 0 Å². The highest BCUT2D eigenvalue weighted by molar-refractivity contribution is 7.99. The van der Waals surface area contributed by atoms with E-state index in [2.05, 4.69) is 20.6 Å². The lowest BCUT2D eigenvalue weighted by atomic mass is 10.1. The van der Waals surface area contributed by atoms with E-state index < -0.39 is 0 Å². The predicted octanol–water partition coefficient (Wildman–Crippen LogP) is 1.99. The van der Waals surface area contributed by atoms with Crippen LogP contribution in [-0.2, 0) is 0 Å². The highest BCUT2D eigenvalue weighted by atomic mass is 32.2. The van der Waals surface area contributed by atoms with E-state index in [0.717, 1.165) is 24.0 Å². The Labute approximate surface area is 101 Å². The Hall–Kier alpha value is -0.970. The number of thioether (sulfide) groups is 1. The summed E-state index contributed by atoms with van der Waals surface area (Å²) >= 11 is 2.04. The van der Waals surface area contributed by atoms with E-state index in [-0.39, 0.29) is 0 Å². The molecule has 0 radical (unpaired) electrons. The standard InChI is InChI=1S/C11H18N4S/c1-8-5-10(15-11(12-2)14-8)13-6-9-3-4-16-7-9/h5,9H,3-4,6-7H2,1-2H3,(H2,12,13,14,15). The molecule has 1 fully saturated rings. The van der Waals surface area contributed by atoms with Gasteiger partial charge in [-0.3, -0.25) is 0 Å². The molecule has 1 aromatic heterocycles. The number of aromatic nitrogens is 2. The maximum atomic E-state index is 4.37. The second kappa shape index (κ2) is 5.39. The number of rotatable bonds is 4. The third kappa shape index (κ3) is 3.01. The Kier molecular flexibility index (Phi) is 3.88. The van der Waals surface area contributed by atoms with Gasteiger partial charge in [0.15, 0.2) is 0 Å². The minimum atomic E-state index is 0.684. The molecule has 1 unspecified atom stereocenters. The van der Waals surface area contributed by atoms with Gasteiger partial charge in [-0.2, -0.15) is 16.7 Å². The highest BCUT2D eigenvalue weighted by Gasteiger charge is 2.15. The molecule has 0 bridgehead atoms. The Morgan fingerprint density at radius 1 is 1.50 bits per heavy atom. The van der Waals surface area contributed by atoms with Crippen LogP contribution < -0.4 is 10.6 Å². The first-order valence-electron chi connectivity index (χ1n) is 5.63. The first kappa shape index (κ1) is 11.5. The number of anilines is 2. The van der Waals surface area contributed by atoms with Crippen molar-refractivity contribution in [1.29, 1.82) is 0 Å². The maximum absolute atomic E-state index is 4.37. The second-order valence-electron chi connectivity index (χ2n) is 4.08. The molecule has 0 aromatic carbocycles. The van der Waals surface area contributed by atoms with E-state index in [0.29, 0.717) is 5.95 Å². The Morgan fingerprint density at radius 2 is 2.38 bits per heavy atom. The minimum absolute atomic E-state index is 0.684. The number of hydrogen-bond donors (Lipinski definition) is 2. The molecule has 1 saturated heterocycles. The lowest BCUT2D eigenvalue weighted by Gasteiger charge is -2.11. The highest BCUT2D eigenvalue weighted by Crippen LogP contribution is 2.23. The smallest absolute Gasteiger partial charge is 0.224 e. The van der Waals surface area contributed by atoms with Crippen molar-refractivity contribution in [2.45, 2.75) is 13.3 Å². The van der Waals surface area contributed by atoms with E-state index in [1.165, 1.54) is 17.9 Å². The van der Waals surface area contributed by atoms with Crippen molar-refractivity contribution in [3.63, 3.8) is 0 Å². The van der Waals surface area contributed by atoms with E-state index in [9.17, 15) is 0 Å². The SMILES string of the molecule is CNc1nc(C)cc(NCC2CCSC2)n1. The Balaban J connectivity index is 1.94.